The van der Waals surface area contributed by atoms with Crippen molar-refractivity contribution in [2.45, 2.75) is 44.8 Å². The van der Waals surface area contributed by atoms with E-state index in [-0.39, 0.29) is 30.1 Å². The average Bonchev–Trinajstić information content (AvgIpc) is 3.13. The van der Waals surface area contributed by atoms with Crippen LogP contribution < -0.4 is 0 Å². The molecule has 6 nitrogen and oxygen atoms in total. The molecule has 0 amide bonds. The molecule has 2 aliphatic rings. The molecule has 0 bridgehead atoms. The molecular formula is C19H29NO5S. The molecule has 146 valence electrons. The molecule has 1 saturated heterocycles. The highest BCUT2D eigenvalue weighted by molar-refractivity contribution is 7.89. The largest absolute Gasteiger partial charge is 0.508 e. The first-order valence-corrected chi connectivity index (χ1v) is 11.0. The molecule has 1 N–H and O–H groups in total. The van der Waals surface area contributed by atoms with Gasteiger partial charge in [-0.15, -0.1) is 0 Å². The number of aromatic hydroxyl groups is 1. The Morgan fingerprint density at radius 2 is 2.12 bits per heavy atom. The second kappa shape index (κ2) is 8.69. The summed E-state index contributed by atoms with van der Waals surface area (Å²) in [6, 6.07) is 6.80. The van der Waals surface area contributed by atoms with Gasteiger partial charge in [0.15, 0.2) is 0 Å². The van der Waals surface area contributed by atoms with Gasteiger partial charge in [0.2, 0.25) is 10.0 Å². The molecule has 26 heavy (non-hydrogen) atoms. The number of phenols is 1. The van der Waals surface area contributed by atoms with E-state index in [2.05, 4.69) is 0 Å². The Kier molecular flexibility index (Phi) is 6.55. The van der Waals surface area contributed by atoms with Crippen LogP contribution in [-0.2, 0) is 19.5 Å². The first kappa shape index (κ1) is 19.6. The van der Waals surface area contributed by atoms with E-state index in [9.17, 15) is 13.5 Å². The summed E-state index contributed by atoms with van der Waals surface area (Å²) in [5, 5.41) is 9.64. The molecular weight excluding hydrogens is 354 g/mol. The number of benzene rings is 1. The van der Waals surface area contributed by atoms with Crippen LogP contribution in [-0.4, -0.2) is 56.0 Å². The summed E-state index contributed by atoms with van der Waals surface area (Å²) in [6.45, 7) is 3.42. The number of rotatable bonds is 7. The van der Waals surface area contributed by atoms with E-state index >= 15 is 0 Å². The summed E-state index contributed by atoms with van der Waals surface area (Å²) in [6.07, 6.45) is 4.56. The second-order valence-corrected chi connectivity index (χ2v) is 9.45. The number of nitrogens with zero attached hydrogens (tertiary/aromatic N) is 1. The lowest BCUT2D eigenvalue weighted by molar-refractivity contribution is -0.00303. The zero-order valence-corrected chi connectivity index (χ0v) is 16.2. The molecule has 0 spiro atoms. The minimum Gasteiger partial charge on any atom is -0.508 e. The number of morpholine rings is 1. The van der Waals surface area contributed by atoms with Gasteiger partial charge in [0.1, 0.15) is 5.75 Å². The minimum absolute atomic E-state index is 0.0392. The van der Waals surface area contributed by atoms with Crippen molar-refractivity contribution in [3.63, 3.8) is 0 Å². The van der Waals surface area contributed by atoms with Crippen LogP contribution in [0, 0.1) is 5.92 Å². The Morgan fingerprint density at radius 1 is 1.35 bits per heavy atom. The highest BCUT2D eigenvalue weighted by Gasteiger charge is 2.31. The van der Waals surface area contributed by atoms with Gasteiger partial charge < -0.3 is 14.6 Å². The smallest absolute Gasteiger partial charge is 0.214 e. The van der Waals surface area contributed by atoms with Gasteiger partial charge >= 0.3 is 0 Å². The highest BCUT2D eigenvalue weighted by atomic mass is 32.2. The molecule has 1 aromatic carbocycles. The topological polar surface area (TPSA) is 76.1 Å². The monoisotopic (exact) mass is 383 g/mol. The molecule has 1 aliphatic carbocycles. The van der Waals surface area contributed by atoms with Gasteiger partial charge in [-0.3, -0.25) is 0 Å². The molecule has 1 aromatic rings. The molecule has 0 aromatic heterocycles. The Balaban J connectivity index is 1.55. The van der Waals surface area contributed by atoms with Crippen molar-refractivity contribution >= 4 is 10.0 Å². The Hall–Kier alpha value is -1.15. The van der Waals surface area contributed by atoms with Crippen molar-refractivity contribution < 1.29 is 23.0 Å². The fraction of sp³-hybridized carbons (Fsp3) is 0.684. The molecule has 1 saturated carbocycles. The van der Waals surface area contributed by atoms with Crippen LogP contribution in [0.25, 0.3) is 0 Å². The maximum absolute atomic E-state index is 12.8. The predicted molar refractivity (Wildman–Crippen MR) is 99.5 cm³/mol. The molecule has 3 rings (SSSR count). The lowest BCUT2D eigenvalue weighted by Gasteiger charge is -2.33. The number of phenolic OH excluding ortho intramolecular Hbond substituents is 1. The van der Waals surface area contributed by atoms with Crippen LogP contribution in [0.15, 0.2) is 24.3 Å². The van der Waals surface area contributed by atoms with Crippen LogP contribution in [0.2, 0.25) is 0 Å². The van der Waals surface area contributed by atoms with Crippen molar-refractivity contribution in [1.29, 1.82) is 0 Å². The molecule has 2 unspecified atom stereocenters. The SMILES string of the molecule is CC(COC1CCCC1)CS(=O)(=O)N1CCOC(c2cccc(O)c2)C1. The zero-order valence-electron chi connectivity index (χ0n) is 15.3. The summed E-state index contributed by atoms with van der Waals surface area (Å²) in [5.74, 6) is 0.207. The molecule has 2 atom stereocenters. The average molecular weight is 384 g/mol. The first-order valence-electron chi connectivity index (χ1n) is 9.44. The van der Waals surface area contributed by atoms with Gasteiger partial charge in [-0.05, 0) is 36.5 Å². The van der Waals surface area contributed by atoms with Crippen molar-refractivity contribution in [3.8, 4) is 5.75 Å². The Labute approximate surface area is 156 Å². The van der Waals surface area contributed by atoms with Gasteiger partial charge in [-0.2, -0.15) is 4.31 Å². The van der Waals surface area contributed by atoms with E-state index in [0.29, 0.717) is 25.9 Å². The number of hydrogen-bond donors (Lipinski definition) is 1. The van der Waals surface area contributed by atoms with E-state index in [1.54, 1.807) is 18.2 Å². The predicted octanol–water partition coefficient (Wildman–Crippen LogP) is 2.69. The quantitative estimate of drug-likeness (QED) is 0.783. The van der Waals surface area contributed by atoms with E-state index in [4.69, 9.17) is 9.47 Å². The number of hydrogen-bond acceptors (Lipinski definition) is 5. The summed E-state index contributed by atoms with van der Waals surface area (Å²) in [5.41, 5.74) is 0.794. The number of ether oxygens (including phenoxy) is 2. The molecule has 1 aliphatic heterocycles. The van der Waals surface area contributed by atoms with E-state index < -0.39 is 10.0 Å². The van der Waals surface area contributed by atoms with Crippen molar-refractivity contribution in [3.05, 3.63) is 29.8 Å². The third-order valence-electron chi connectivity index (χ3n) is 5.08. The summed E-state index contributed by atoms with van der Waals surface area (Å²) < 4.78 is 38.7. The summed E-state index contributed by atoms with van der Waals surface area (Å²) >= 11 is 0. The van der Waals surface area contributed by atoms with Crippen LogP contribution in [0.3, 0.4) is 0 Å². The van der Waals surface area contributed by atoms with Crippen molar-refractivity contribution in [2.24, 2.45) is 5.92 Å². The van der Waals surface area contributed by atoms with Gasteiger partial charge in [-0.1, -0.05) is 31.9 Å². The third-order valence-corrected chi connectivity index (χ3v) is 7.19. The van der Waals surface area contributed by atoms with Gasteiger partial charge in [0.25, 0.3) is 0 Å². The maximum atomic E-state index is 12.8. The fourth-order valence-electron chi connectivity index (χ4n) is 3.67. The normalized spacial score (nSPS) is 24.0. The zero-order chi connectivity index (χ0) is 18.6. The molecule has 1 heterocycles. The first-order chi connectivity index (χ1) is 12.4. The van der Waals surface area contributed by atoms with Gasteiger partial charge in [-0.25, -0.2) is 8.42 Å². The second-order valence-electron chi connectivity index (χ2n) is 7.44. The lowest BCUT2D eigenvalue weighted by Crippen LogP contribution is -2.44. The van der Waals surface area contributed by atoms with Gasteiger partial charge in [0, 0.05) is 13.1 Å². The third kappa shape index (κ3) is 5.19. The van der Waals surface area contributed by atoms with Gasteiger partial charge in [0.05, 0.1) is 31.2 Å². The standard InChI is InChI=1S/C19H29NO5S/c1-15(13-25-18-7-2-3-8-18)14-26(22,23)20-9-10-24-19(12-20)16-5-4-6-17(21)11-16/h4-6,11,15,18-19,21H,2-3,7-10,12-14H2,1H3. The van der Waals surface area contributed by atoms with Crippen LogP contribution in [0.4, 0.5) is 0 Å². The van der Waals surface area contributed by atoms with E-state index in [1.165, 1.54) is 17.1 Å². The Bertz CT molecular complexity index is 687. The lowest BCUT2D eigenvalue weighted by atomic mass is 10.1. The van der Waals surface area contributed by atoms with Crippen molar-refractivity contribution in [2.75, 3.05) is 32.1 Å². The Morgan fingerprint density at radius 3 is 2.85 bits per heavy atom. The van der Waals surface area contributed by atoms with E-state index in [1.807, 2.05) is 13.0 Å². The molecule has 2 fully saturated rings. The van der Waals surface area contributed by atoms with Crippen LogP contribution in [0.5, 0.6) is 5.75 Å². The van der Waals surface area contributed by atoms with E-state index in [0.717, 1.165) is 18.4 Å². The summed E-state index contributed by atoms with van der Waals surface area (Å²) in [7, 11) is -3.37. The fourth-order valence-corrected chi connectivity index (χ4v) is 5.41. The highest BCUT2D eigenvalue weighted by Crippen LogP contribution is 2.27. The molecule has 0 radical (unpaired) electrons. The summed E-state index contributed by atoms with van der Waals surface area (Å²) in [4.78, 5) is 0. The van der Waals surface area contributed by atoms with Crippen molar-refractivity contribution in [1.82, 2.24) is 4.31 Å². The maximum Gasteiger partial charge on any atom is 0.214 e. The van der Waals surface area contributed by atoms with Crippen LogP contribution in [0.1, 0.15) is 44.3 Å². The number of sulfonamides is 1. The molecule has 7 heteroatoms. The minimum atomic E-state index is -3.37. The van der Waals surface area contributed by atoms with Crippen LogP contribution >= 0.6 is 0 Å².